The Labute approximate surface area is 114 Å². The van der Waals surface area contributed by atoms with Crippen LogP contribution >= 0.6 is 43.2 Å². The van der Waals surface area contributed by atoms with Crippen molar-refractivity contribution in [2.24, 2.45) is 0 Å². The highest BCUT2D eigenvalue weighted by molar-refractivity contribution is 9.12. The fourth-order valence-electron chi connectivity index (χ4n) is 1.33. The highest BCUT2D eigenvalue weighted by Crippen LogP contribution is 2.33. The Morgan fingerprint density at radius 2 is 2.00 bits per heavy atom. The summed E-state index contributed by atoms with van der Waals surface area (Å²) in [5, 5.41) is 0. The summed E-state index contributed by atoms with van der Waals surface area (Å²) in [5.74, 6) is -0.0267. The molecule has 2 N–H and O–H groups in total. The maximum absolute atomic E-state index is 12.1. The Balaban J connectivity index is 2.43. The largest absolute Gasteiger partial charge is 0.399 e. The van der Waals surface area contributed by atoms with E-state index in [1.807, 2.05) is 0 Å². The van der Waals surface area contributed by atoms with Crippen molar-refractivity contribution >= 4 is 54.7 Å². The van der Waals surface area contributed by atoms with Crippen molar-refractivity contribution in [3.05, 3.63) is 49.0 Å². The molecule has 0 saturated carbocycles. The first kappa shape index (κ1) is 11.8. The second-order valence-corrected chi connectivity index (χ2v) is 6.94. The average molecular weight is 361 g/mol. The second-order valence-electron chi connectivity index (χ2n) is 3.19. The molecule has 0 saturated heterocycles. The van der Waals surface area contributed by atoms with E-state index < -0.39 is 0 Å². The minimum atomic E-state index is -0.0267. The number of hydrogen-bond acceptors (Lipinski definition) is 3. The van der Waals surface area contributed by atoms with E-state index in [0.29, 0.717) is 16.8 Å². The van der Waals surface area contributed by atoms with Gasteiger partial charge in [-0.2, -0.15) is 0 Å². The average Bonchev–Trinajstić information content (AvgIpc) is 2.57. The maximum atomic E-state index is 12.1. The zero-order chi connectivity index (χ0) is 11.7. The van der Waals surface area contributed by atoms with Gasteiger partial charge in [-0.3, -0.25) is 4.79 Å². The molecule has 16 heavy (non-hydrogen) atoms. The number of carbonyl (C=O) groups excluding carboxylic acids is 1. The van der Waals surface area contributed by atoms with Crippen LogP contribution in [0.4, 0.5) is 5.69 Å². The van der Waals surface area contributed by atoms with E-state index in [9.17, 15) is 4.79 Å². The smallest absolute Gasteiger partial charge is 0.195 e. The minimum Gasteiger partial charge on any atom is -0.399 e. The molecule has 82 valence electrons. The quantitative estimate of drug-likeness (QED) is 0.647. The number of thiophene rings is 1. The molecule has 1 heterocycles. The van der Waals surface area contributed by atoms with Gasteiger partial charge in [0.25, 0.3) is 0 Å². The van der Waals surface area contributed by atoms with Crippen molar-refractivity contribution < 1.29 is 4.79 Å². The van der Waals surface area contributed by atoms with Gasteiger partial charge in [0.15, 0.2) is 5.78 Å². The normalized spacial score (nSPS) is 10.4. The number of rotatable bonds is 2. The number of carbonyl (C=O) groups is 1. The van der Waals surface area contributed by atoms with E-state index in [-0.39, 0.29) is 5.78 Å². The Hall–Kier alpha value is -0.650. The summed E-state index contributed by atoms with van der Waals surface area (Å²) in [6.07, 6.45) is 0. The fraction of sp³-hybridized carbons (Fsp3) is 0. The van der Waals surface area contributed by atoms with Gasteiger partial charge in [0.05, 0.1) is 7.57 Å². The topological polar surface area (TPSA) is 43.1 Å². The monoisotopic (exact) mass is 359 g/mol. The SMILES string of the molecule is Nc1cccc(C(=O)c2cc(Br)sc2Br)c1. The van der Waals surface area contributed by atoms with Gasteiger partial charge in [0.1, 0.15) is 0 Å². The molecule has 2 aromatic rings. The molecule has 0 aliphatic carbocycles. The van der Waals surface area contributed by atoms with Crippen molar-refractivity contribution in [3.63, 3.8) is 0 Å². The third-order valence-corrected chi connectivity index (χ3v) is 4.39. The summed E-state index contributed by atoms with van der Waals surface area (Å²) >= 11 is 8.20. The molecule has 0 radical (unpaired) electrons. The van der Waals surface area contributed by atoms with E-state index in [0.717, 1.165) is 7.57 Å². The predicted molar refractivity (Wildman–Crippen MR) is 74.0 cm³/mol. The molecule has 0 atom stereocenters. The number of hydrogen-bond donors (Lipinski definition) is 1. The molecule has 0 spiro atoms. The lowest BCUT2D eigenvalue weighted by atomic mass is 10.1. The Morgan fingerprint density at radius 3 is 2.56 bits per heavy atom. The van der Waals surface area contributed by atoms with Crippen LogP contribution in [0.1, 0.15) is 15.9 Å². The number of halogens is 2. The summed E-state index contributed by atoms with van der Waals surface area (Å²) in [6.45, 7) is 0. The van der Waals surface area contributed by atoms with Crippen molar-refractivity contribution in [2.45, 2.75) is 0 Å². The van der Waals surface area contributed by atoms with Crippen molar-refractivity contribution in [1.29, 1.82) is 0 Å². The van der Waals surface area contributed by atoms with Crippen LogP contribution in [0.25, 0.3) is 0 Å². The zero-order valence-electron chi connectivity index (χ0n) is 8.04. The molecule has 0 unspecified atom stereocenters. The lowest BCUT2D eigenvalue weighted by Crippen LogP contribution is -2.01. The number of benzene rings is 1. The van der Waals surface area contributed by atoms with E-state index >= 15 is 0 Å². The van der Waals surface area contributed by atoms with Crippen LogP contribution in [-0.2, 0) is 0 Å². The molecular weight excluding hydrogens is 354 g/mol. The van der Waals surface area contributed by atoms with Crippen LogP contribution in [-0.4, -0.2) is 5.78 Å². The molecule has 0 aliphatic heterocycles. The molecule has 1 aromatic carbocycles. The number of anilines is 1. The van der Waals surface area contributed by atoms with Gasteiger partial charge >= 0.3 is 0 Å². The summed E-state index contributed by atoms with van der Waals surface area (Å²) < 4.78 is 1.75. The standard InChI is InChI=1S/C11H7Br2NOS/c12-9-5-8(11(13)16-9)10(15)6-2-1-3-7(14)4-6/h1-5H,14H2. The van der Waals surface area contributed by atoms with Crippen LogP contribution in [0.2, 0.25) is 0 Å². The molecule has 0 amide bonds. The van der Waals surface area contributed by atoms with Gasteiger partial charge in [0, 0.05) is 16.8 Å². The van der Waals surface area contributed by atoms with Crippen molar-refractivity contribution in [2.75, 3.05) is 5.73 Å². The zero-order valence-corrected chi connectivity index (χ0v) is 12.0. The highest BCUT2D eigenvalue weighted by atomic mass is 79.9. The van der Waals surface area contributed by atoms with Crippen LogP contribution in [0.5, 0.6) is 0 Å². The Bertz CT molecular complexity index is 551. The summed E-state index contributed by atoms with van der Waals surface area (Å²) in [7, 11) is 0. The first-order valence-electron chi connectivity index (χ1n) is 4.43. The molecule has 2 rings (SSSR count). The van der Waals surface area contributed by atoms with Gasteiger partial charge in [-0.15, -0.1) is 11.3 Å². The molecule has 1 aromatic heterocycles. The Morgan fingerprint density at radius 1 is 1.25 bits per heavy atom. The predicted octanol–water partition coefficient (Wildman–Crippen LogP) is 4.09. The van der Waals surface area contributed by atoms with Crippen LogP contribution in [0, 0.1) is 0 Å². The lowest BCUT2D eigenvalue weighted by molar-refractivity contribution is 0.103. The van der Waals surface area contributed by atoms with Crippen LogP contribution in [0.15, 0.2) is 37.9 Å². The second kappa shape index (κ2) is 4.69. The van der Waals surface area contributed by atoms with Gasteiger partial charge in [0.2, 0.25) is 0 Å². The van der Waals surface area contributed by atoms with E-state index in [4.69, 9.17) is 5.73 Å². The minimum absolute atomic E-state index is 0.0267. The summed E-state index contributed by atoms with van der Waals surface area (Å²) in [6, 6.07) is 8.78. The first-order valence-corrected chi connectivity index (χ1v) is 6.83. The molecule has 2 nitrogen and oxygen atoms in total. The molecule has 0 aliphatic rings. The third kappa shape index (κ3) is 2.36. The molecule has 0 fully saturated rings. The fourth-order valence-corrected chi connectivity index (χ4v) is 4.12. The van der Waals surface area contributed by atoms with Crippen molar-refractivity contribution in [3.8, 4) is 0 Å². The molecule has 0 bridgehead atoms. The van der Waals surface area contributed by atoms with Gasteiger partial charge in [-0.25, -0.2) is 0 Å². The van der Waals surface area contributed by atoms with Crippen LogP contribution in [0.3, 0.4) is 0 Å². The van der Waals surface area contributed by atoms with Crippen molar-refractivity contribution in [1.82, 2.24) is 0 Å². The van der Waals surface area contributed by atoms with Gasteiger partial charge < -0.3 is 5.73 Å². The lowest BCUT2D eigenvalue weighted by Gasteiger charge is -2.00. The number of ketones is 1. The highest BCUT2D eigenvalue weighted by Gasteiger charge is 2.15. The van der Waals surface area contributed by atoms with Gasteiger partial charge in [-0.1, -0.05) is 12.1 Å². The molecular formula is C11H7Br2NOS. The van der Waals surface area contributed by atoms with Gasteiger partial charge in [-0.05, 0) is 50.1 Å². The van der Waals surface area contributed by atoms with E-state index in [2.05, 4.69) is 31.9 Å². The third-order valence-electron chi connectivity index (χ3n) is 2.05. The maximum Gasteiger partial charge on any atom is 0.195 e. The summed E-state index contributed by atoms with van der Waals surface area (Å²) in [4.78, 5) is 12.1. The van der Waals surface area contributed by atoms with Crippen LogP contribution < -0.4 is 5.73 Å². The number of nitrogens with two attached hydrogens (primary N) is 1. The number of nitrogen functional groups attached to an aromatic ring is 1. The Kier molecular flexibility index (Phi) is 3.47. The molecule has 5 heteroatoms. The first-order chi connectivity index (χ1) is 7.58. The summed E-state index contributed by atoms with van der Waals surface area (Å²) in [5.41, 5.74) is 7.50. The van der Waals surface area contributed by atoms with E-state index in [1.54, 1.807) is 30.3 Å². The van der Waals surface area contributed by atoms with E-state index in [1.165, 1.54) is 11.3 Å².